The van der Waals surface area contributed by atoms with Crippen LogP contribution in [-0.2, 0) is 23.8 Å². The first-order valence-electron chi connectivity index (χ1n) is 9.73. The average Bonchev–Trinajstić information content (AvgIpc) is 3.14. The third-order valence-electron chi connectivity index (χ3n) is 6.61. The zero-order valence-electron chi connectivity index (χ0n) is 16.1. The summed E-state index contributed by atoms with van der Waals surface area (Å²) >= 11 is 0. The Bertz CT molecular complexity index is 528. The van der Waals surface area contributed by atoms with Gasteiger partial charge in [0.25, 0.3) is 0 Å². The fraction of sp³-hybridized carbons (Fsp3) is 0.900. The summed E-state index contributed by atoms with van der Waals surface area (Å²) in [6.45, 7) is 11.0. The van der Waals surface area contributed by atoms with E-state index >= 15 is 0 Å². The van der Waals surface area contributed by atoms with Gasteiger partial charge in [-0.15, -0.1) is 0 Å². The van der Waals surface area contributed by atoms with Crippen LogP contribution in [0.25, 0.3) is 0 Å². The molecule has 0 radical (unpaired) electrons. The van der Waals surface area contributed by atoms with Crippen molar-refractivity contribution in [2.75, 3.05) is 13.2 Å². The lowest BCUT2D eigenvalue weighted by molar-refractivity contribution is -0.162. The number of fused-ring (bicyclic) bond motifs is 1. The summed E-state index contributed by atoms with van der Waals surface area (Å²) in [6, 6.07) is 0. The van der Waals surface area contributed by atoms with E-state index in [2.05, 4.69) is 27.7 Å². The van der Waals surface area contributed by atoms with Gasteiger partial charge in [-0.25, -0.2) is 0 Å². The van der Waals surface area contributed by atoms with Crippen molar-refractivity contribution in [1.82, 2.24) is 0 Å². The van der Waals surface area contributed by atoms with Crippen LogP contribution in [0.4, 0.5) is 0 Å². The summed E-state index contributed by atoms with van der Waals surface area (Å²) in [6.07, 6.45) is 2.65. The molecule has 2 saturated carbocycles. The molecular formula is C20H32O5. The van der Waals surface area contributed by atoms with Crippen LogP contribution in [0.5, 0.6) is 0 Å². The van der Waals surface area contributed by atoms with E-state index in [4.69, 9.17) is 14.2 Å². The normalized spacial score (nSPS) is 35.3. The predicted molar refractivity (Wildman–Crippen MR) is 92.7 cm³/mol. The van der Waals surface area contributed by atoms with Crippen LogP contribution < -0.4 is 0 Å². The van der Waals surface area contributed by atoms with Crippen molar-refractivity contribution >= 4 is 11.9 Å². The lowest BCUT2D eigenvalue weighted by Gasteiger charge is -2.33. The molecule has 3 aliphatic rings. The molecule has 0 aromatic heterocycles. The van der Waals surface area contributed by atoms with Crippen LogP contribution in [-0.4, -0.2) is 37.4 Å². The zero-order valence-corrected chi connectivity index (χ0v) is 16.1. The highest BCUT2D eigenvalue weighted by Gasteiger charge is 2.62. The number of hydrogen-bond donors (Lipinski definition) is 0. The Kier molecular flexibility index (Phi) is 5.16. The summed E-state index contributed by atoms with van der Waals surface area (Å²) in [7, 11) is 0. The van der Waals surface area contributed by atoms with Gasteiger partial charge in [0.2, 0.25) is 0 Å². The summed E-state index contributed by atoms with van der Waals surface area (Å²) in [4.78, 5) is 24.4. The Morgan fingerprint density at radius 3 is 2.60 bits per heavy atom. The summed E-state index contributed by atoms with van der Waals surface area (Å²) < 4.78 is 17.0. The van der Waals surface area contributed by atoms with Crippen LogP contribution in [0.15, 0.2) is 0 Å². The van der Waals surface area contributed by atoms with Crippen LogP contribution in [0.1, 0.15) is 53.9 Å². The van der Waals surface area contributed by atoms with E-state index in [-0.39, 0.29) is 42.6 Å². The largest absolute Gasteiger partial charge is 0.463 e. The molecular weight excluding hydrogens is 320 g/mol. The highest BCUT2D eigenvalue weighted by Crippen LogP contribution is 2.55. The number of carbonyl (C=O) groups excluding carboxylic acids is 2. The smallest absolute Gasteiger partial charge is 0.312 e. The number of esters is 2. The van der Waals surface area contributed by atoms with Crippen molar-refractivity contribution in [1.29, 1.82) is 0 Å². The van der Waals surface area contributed by atoms with Crippen molar-refractivity contribution in [3.05, 3.63) is 0 Å². The van der Waals surface area contributed by atoms with Crippen LogP contribution in [0.3, 0.4) is 0 Å². The molecule has 1 saturated heterocycles. The molecule has 1 aliphatic heterocycles. The molecule has 0 amide bonds. The van der Waals surface area contributed by atoms with Crippen LogP contribution >= 0.6 is 0 Å². The fourth-order valence-corrected chi connectivity index (χ4v) is 5.02. The SMILES string of the molecule is CC(C)CC(C)(C(=O)OCCOC1C2CC3C(=O)OC1C3C2)C(C)C. The van der Waals surface area contributed by atoms with Crippen LogP contribution in [0, 0.1) is 35.0 Å². The van der Waals surface area contributed by atoms with Gasteiger partial charge in [-0.2, -0.15) is 0 Å². The molecule has 6 atom stereocenters. The van der Waals surface area contributed by atoms with E-state index in [0.29, 0.717) is 24.4 Å². The van der Waals surface area contributed by atoms with Gasteiger partial charge in [0.05, 0.1) is 24.0 Å². The maximum Gasteiger partial charge on any atom is 0.312 e. The second kappa shape index (κ2) is 6.90. The topological polar surface area (TPSA) is 61.8 Å². The van der Waals surface area contributed by atoms with Crippen molar-refractivity contribution in [3.8, 4) is 0 Å². The molecule has 5 nitrogen and oxygen atoms in total. The second-order valence-electron chi connectivity index (χ2n) is 9.04. The van der Waals surface area contributed by atoms with Crippen molar-refractivity contribution in [3.63, 3.8) is 0 Å². The van der Waals surface area contributed by atoms with Gasteiger partial charge in [0.15, 0.2) is 0 Å². The first kappa shape index (κ1) is 18.7. The Morgan fingerprint density at radius 2 is 1.96 bits per heavy atom. The molecule has 142 valence electrons. The van der Waals surface area contributed by atoms with Gasteiger partial charge in [-0.1, -0.05) is 27.7 Å². The number of hydrogen-bond acceptors (Lipinski definition) is 5. The quantitative estimate of drug-likeness (QED) is 0.496. The number of carbonyl (C=O) groups is 2. The molecule has 25 heavy (non-hydrogen) atoms. The minimum absolute atomic E-state index is 0.0152. The Morgan fingerprint density at radius 1 is 1.24 bits per heavy atom. The van der Waals surface area contributed by atoms with Gasteiger partial charge >= 0.3 is 11.9 Å². The Labute approximate surface area is 150 Å². The lowest BCUT2D eigenvalue weighted by atomic mass is 9.73. The first-order valence-corrected chi connectivity index (χ1v) is 9.73. The van der Waals surface area contributed by atoms with E-state index in [0.717, 1.165) is 19.3 Å². The van der Waals surface area contributed by atoms with Gasteiger partial charge in [-0.3, -0.25) is 9.59 Å². The molecule has 0 spiro atoms. The monoisotopic (exact) mass is 352 g/mol. The molecule has 1 heterocycles. The van der Waals surface area contributed by atoms with E-state index < -0.39 is 5.41 Å². The zero-order chi connectivity index (χ0) is 18.4. The van der Waals surface area contributed by atoms with Gasteiger partial charge in [0.1, 0.15) is 12.7 Å². The predicted octanol–water partition coefficient (Wildman–Crippen LogP) is 3.20. The molecule has 0 N–H and O–H groups in total. The van der Waals surface area contributed by atoms with E-state index in [1.54, 1.807) is 0 Å². The molecule has 2 aliphatic carbocycles. The van der Waals surface area contributed by atoms with Gasteiger partial charge < -0.3 is 14.2 Å². The summed E-state index contributed by atoms with van der Waals surface area (Å²) in [5.74, 6) is 1.36. The van der Waals surface area contributed by atoms with Crippen LogP contribution in [0.2, 0.25) is 0 Å². The summed E-state index contributed by atoms with van der Waals surface area (Å²) in [5.41, 5.74) is -0.463. The van der Waals surface area contributed by atoms with Gasteiger partial charge in [-0.05, 0) is 43.9 Å². The maximum absolute atomic E-state index is 12.6. The molecule has 6 unspecified atom stereocenters. The van der Waals surface area contributed by atoms with Crippen molar-refractivity contribution < 1.29 is 23.8 Å². The Hall–Kier alpha value is -1.10. The number of rotatable bonds is 8. The molecule has 0 aromatic carbocycles. The summed E-state index contributed by atoms with van der Waals surface area (Å²) in [5, 5.41) is 0. The second-order valence-corrected chi connectivity index (χ2v) is 9.04. The molecule has 3 fully saturated rings. The van der Waals surface area contributed by atoms with Crippen molar-refractivity contribution in [2.24, 2.45) is 35.0 Å². The highest BCUT2D eigenvalue weighted by molar-refractivity contribution is 5.77. The van der Waals surface area contributed by atoms with E-state index in [9.17, 15) is 9.59 Å². The van der Waals surface area contributed by atoms with Gasteiger partial charge in [0, 0.05) is 5.92 Å². The molecule has 0 aromatic rings. The lowest BCUT2D eigenvalue weighted by Crippen LogP contribution is -2.38. The van der Waals surface area contributed by atoms with E-state index in [1.165, 1.54) is 0 Å². The Balaban J connectivity index is 1.46. The maximum atomic E-state index is 12.6. The number of ether oxygens (including phenoxy) is 3. The standard InChI is InChI=1S/C20H32O5/c1-11(2)10-20(5,12(3)4)19(22)24-7-6-23-16-13-8-14-15(9-13)18(21)25-17(14)16/h11-17H,6-10H2,1-5H3. The molecule has 5 heteroatoms. The average molecular weight is 352 g/mol. The first-order chi connectivity index (χ1) is 11.7. The molecule has 3 rings (SSSR count). The minimum Gasteiger partial charge on any atom is -0.463 e. The fourth-order valence-electron chi connectivity index (χ4n) is 5.02. The van der Waals surface area contributed by atoms with E-state index in [1.807, 2.05) is 6.92 Å². The third kappa shape index (κ3) is 3.32. The third-order valence-corrected chi connectivity index (χ3v) is 6.61. The molecule has 2 bridgehead atoms. The highest BCUT2D eigenvalue weighted by atomic mass is 16.6. The van der Waals surface area contributed by atoms with Crippen molar-refractivity contribution in [2.45, 2.75) is 66.1 Å². The minimum atomic E-state index is -0.463.